The second kappa shape index (κ2) is 5.50. The summed E-state index contributed by atoms with van der Waals surface area (Å²) in [6.07, 6.45) is 2.88. The van der Waals surface area contributed by atoms with E-state index in [4.69, 9.17) is 4.74 Å². The summed E-state index contributed by atoms with van der Waals surface area (Å²) in [5, 5.41) is 0. The van der Waals surface area contributed by atoms with E-state index in [2.05, 4.69) is 11.8 Å². The summed E-state index contributed by atoms with van der Waals surface area (Å²) in [5.41, 5.74) is 1.96. The van der Waals surface area contributed by atoms with Crippen molar-refractivity contribution in [2.24, 2.45) is 0 Å². The molecule has 0 radical (unpaired) electrons. The summed E-state index contributed by atoms with van der Waals surface area (Å²) in [6, 6.07) is 5.83. The van der Waals surface area contributed by atoms with Crippen molar-refractivity contribution in [3.63, 3.8) is 0 Å². The zero-order chi connectivity index (χ0) is 12.3. The van der Waals surface area contributed by atoms with E-state index in [1.54, 1.807) is 19.2 Å². The summed E-state index contributed by atoms with van der Waals surface area (Å²) in [4.78, 5) is 2.33. The quantitative estimate of drug-likeness (QED) is 0.730. The largest absolute Gasteiger partial charge is 0.385 e. The van der Waals surface area contributed by atoms with Gasteiger partial charge in [0.15, 0.2) is 0 Å². The second-order valence-corrected chi connectivity index (χ2v) is 4.54. The van der Waals surface area contributed by atoms with Crippen molar-refractivity contribution in [2.75, 3.05) is 25.2 Å². The van der Waals surface area contributed by atoms with Gasteiger partial charge in [-0.3, -0.25) is 0 Å². The summed E-state index contributed by atoms with van der Waals surface area (Å²) < 4.78 is 18.8. The first kappa shape index (κ1) is 12.4. The molecule has 1 unspecified atom stereocenters. The average molecular weight is 237 g/mol. The first-order chi connectivity index (χ1) is 8.27. The fourth-order valence-electron chi connectivity index (χ4n) is 2.61. The van der Waals surface area contributed by atoms with Gasteiger partial charge in [-0.2, -0.15) is 0 Å². The van der Waals surface area contributed by atoms with Crippen LogP contribution in [0.1, 0.15) is 25.3 Å². The summed E-state index contributed by atoms with van der Waals surface area (Å²) in [7, 11) is 1.72. The van der Waals surface area contributed by atoms with Gasteiger partial charge in [-0.15, -0.1) is 0 Å². The highest BCUT2D eigenvalue weighted by molar-refractivity contribution is 5.59. The minimum Gasteiger partial charge on any atom is -0.385 e. The molecule has 1 atom stereocenters. The van der Waals surface area contributed by atoms with Crippen LogP contribution < -0.4 is 4.90 Å². The van der Waals surface area contributed by atoms with Crippen LogP contribution in [0.3, 0.4) is 0 Å². The van der Waals surface area contributed by atoms with Crippen molar-refractivity contribution in [1.29, 1.82) is 0 Å². The van der Waals surface area contributed by atoms with Crippen LogP contribution in [-0.2, 0) is 11.2 Å². The first-order valence-electron chi connectivity index (χ1n) is 6.31. The Bertz CT molecular complexity index is 380. The third-order valence-electron chi connectivity index (χ3n) is 3.50. The number of methoxy groups -OCH3 is 1. The van der Waals surface area contributed by atoms with E-state index in [0.29, 0.717) is 6.04 Å². The smallest absolute Gasteiger partial charge is 0.128 e. The van der Waals surface area contributed by atoms with Crippen molar-refractivity contribution < 1.29 is 9.13 Å². The molecular formula is C14H20FNO. The van der Waals surface area contributed by atoms with E-state index < -0.39 is 0 Å². The van der Waals surface area contributed by atoms with Gasteiger partial charge in [0, 0.05) is 37.6 Å². The maximum Gasteiger partial charge on any atom is 0.128 e. The number of fused-ring (bicyclic) bond motifs is 1. The number of halogens is 1. The topological polar surface area (TPSA) is 12.5 Å². The second-order valence-electron chi connectivity index (χ2n) is 4.54. The molecule has 0 fully saturated rings. The third-order valence-corrected chi connectivity index (χ3v) is 3.50. The molecule has 94 valence electrons. The van der Waals surface area contributed by atoms with E-state index in [1.165, 1.54) is 0 Å². The number of benzene rings is 1. The van der Waals surface area contributed by atoms with Crippen LogP contribution in [-0.4, -0.2) is 26.3 Å². The molecule has 0 amide bonds. The Hall–Kier alpha value is -1.09. The Morgan fingerprint density at radius 2 is 2.29 bits per heavy atom. The van der Waals surface area contributed by atoms with Gasteiger partial charge < -0.3 is 9.64 Å². The van der Waals surface area contributed by atoms with Crippen LogP contribution in [0.2, 0.25) is 0 Å². The van der Waals surface area contributed by atoms with Crippen LogP contribution in [0.15, 0.2) is 18.2 Å². The average Bonchev–Trinajstić information content (AvgIpc) is 2.70. The van der Waals surface area contributed by atoms with Crippen molar-refractivity contribution in [1.82, 2.24) is 0 Å². The van der Waals surface area contributed by atoms with Gasteiger partial charge in [0.1, 0.15) is 5.82 Å². The summed E-state index contributed by atoms with van der Waals surface area (Å²) in [6.45, 7) is 3.87. The lowest BCUT2D eigenvalue weighted by molar-refractivity contribution is 0.195. The Morgan fingerprint density at radius 3 is 3.00 bits per heavy atom. The van der Waals surface area contributed by atoms with Crippen molar-refractivity contribution in [3.8, 4) is 0 Å². The summed E-state index contributed by atoms with van der Waals surface area (Å²) in [5.74, 6) is -0.0600. The lowest BCUT2D eigenvalue weighted by Gasteiger charge is -2.26. The summed E-state index contributed by atoms with van der Waals surface area (Å²) >= 11 is 0. The molecule has 0 saturated heterocycles. The SMILES string of the molecule is CCC1Cc2c(F)cccc2N1CCCOC. The Morgan fingerprint density at radius 1 is 1.47 bits per heavy atom. The maximum absolute atomic E-state index is 13.7. The fraction of sp³-hybridized carbons (Fsp3) is 0.571. The van der Waals surface area contributed by atoms with Crippen LogP contribution >= 0.6 is 0 Å². The van der Waals surface area contributed by atoms with Gasteiger partial charge in [0.05, 0.1) is 0 Å². The number of hydrogen-bond donors (Lipinski definition) is 0. The molecule has 1 aromatic rings. The van der Waals surface area contributed by atoms with E-state index in [1.807, 2.05) is 6.07 Å². The highest BCUT2D eigenvalue weighted by Gasteiger charge is 2.29. The molecule has 0 aliphatic carbocycles. The van der Waals surface area contributed by atoms with Crippen LogP contribution in [0.5, 0.6) is 0 Å². The Labute approximate surface area is 102 Å². The van der Waals surface area contributed by atoms with Crippen LogP contribution in [0.25, 0.3) is 0 Å². The molecule has 1 heterocycles. The Balaban J connectivity index is 2.16. The molecule has 0 bridgehead atoms. The number of anilines is 1. The maximum atomic E-state index is 13.7. The number of hydrogen-bond acceptors (Lipinski definition) is 2. The normalized spacial score (nSPS) is 18.5. The van der Waals surface area contributed by atoms with Gasteiger partial charge in [-0.25, -0.2) is 4.39 Å². The lowest BCUT2D eigenvalue weighted by atomic mass is 10.1. The van der Waals surface area contributed by atoms with Gasteiger partial charge in [0.2, 0.25) is 0 Å². The highest BCUT2D eigenvalue weighted by atomic mass is 19.1. The molecule has 17 heavy (non-hydrogen) atoms. The molecule has 0 aromatic heterocycles. The first-order valence-corrected chi connectivity index (χ1v) is 6.31. The lowest BCUT2D eigenvalue weighted by Crippen LogP contribution is -2.32. The molecule has 0 spiro atoms. The fourth-order valence-corrected chi connectivity index (χ4v) is 2.61. The highest BCUT2D eigenvalue weighted by Crippen LogP contribution is 2.34. The minimum absolute atomic E-state index is 0.0600. The van der Waals surface area contributed by atoms with Crippen LogP contribution in [0.4, 0.5) is 10.1 Å². The molecule has 1 aliphatic rings. The Kier molecular flexibility index (Phi) is 4.00. The van der Waals surface area contributed by atoms with Crippen molar-refractivity contribution >= 4 is 5.69 Å². The predicted molar refractivity (Wildman–Crippen MR) is 68.0 cm³/mol. The molecule has 2 nitrogen and oxygen atoms in total. The molecule has 0 N–H and O–H groups in total. The molecular weight excluding hydrogens is 217 g/mol. The van der Waals surface area contributed by atoms with Gasteiger partial charge >= 0.3 is 0 Å². The van der Waals surface area contributed by atoms with E-state index >= 15 is 0 Å². The number of nitrogens with zero attached hydrogens (tertiary/aromatic N) is 1. The third kappa shape index (κ3) is 2.44. The molecule has 1 aliphatic heterocycles. The molecule has 2 rings (SSSR count). The minimum atomic E-state index is -0.0600. The predicted octanol–water partition coefficient (Wildman–Crippen LogP) is 3.00. The molecule has 3 heteroatoms. The number of rotatable bonds is 5. The van der Waals surface area contributed by atoms with Gasteiger partial charge in [0.25, 0.3) is 0 Å². The van der Waals surface area contributed by atoms with Crippen molar-refractivity contribution in [3.05, 3.63) is 29.6 Å². The standard InChI is InChI=1S/C14H20FNO/c1-3-11-10-12-13(15)6-4-7-14(12)16(11)8-5-9-17-2/h4,6-7,11H,3,5,8-10H2,1-2H3. The monoisotopic (exact) mass is 237 g/mol. The van der Waals surface area contributed by atoms with Gasteiger partial charge in [-0.1, -0.05) is 13.0 Å². The van der Waals surface area contributed by atoms with Crippen molar-refractivity contribution in [2.45, 2.75) is 32.2 Å². The van der Waals surface area contributed by atoms with E-state index in [-0.39, 0.29) is 5.82 Å². The van der Waals surface area contributed by atoms with E-state index in [9.17, 15) is 4.39 Å². The zero-order valence-corrected chi connectivity index (χ0v) is 10.6. The zero-order valence-electron chi connectivity index (χ0n) is 10.6. The van der Waals surface area contributed by atoms with E-state index in [0.717, 1.165) is 43.7 Å². The number of ether oxygens (including phenoxy) is 1. The van der Waals surface area contributed by atoms with Gasteiger partial charge in [-0.05, 0) is 31.4 Å². The van der Waals surface area contributed by atoms with Crippen LogP contribution in [0, 0.1) is 5.82 Å². The molecule has 0 saturated carbocycles. The molecule has 1 aromatic carbocycles.